The second-order valence-corrected chi connectivity index (χ2v) is 3.74. The molecule has 0 radical (unpaired) electrons. The average molecular weight is 180 g/mol. The van der Waals surface area contributed by atoms with Crippen LogP contribution in [0.1, 0.15) is 47.0 Å². The number of hydrogen-bond acceptors (Lipinski definition) is 1. The number of hydrogen-bond donors (Lipinski definition) is 1. The quantitative estimate of drug-likeness (QED) is 0.706. The lowest BCUT2D eigenvalue weighted by molar-refractivity contribution is 0.261. The van der Waals surface area contributed by atoms with Crippen molar-refractivity contribution in [1.82, 2.24) is 0 Å². The molecule has 0 bridgehead atoms. The molecule has 0 rings (SSSR count). The van der Waals surface area contributed by atoms with Crippen LogP contribution in [-0.2, 0) is 0 Å². The molecule has 0 amide bonds. The van der Waals surface area contributed by atoms with Gasteiger partial charge >= 0.3 is 0 Å². The molecule has 0 heterocycles. The highest BCUT2D eigenvalue weighted by molar-refractivity contribution is 5.85. The van der Waals surface area contributed by atoms with Crippen LogP contribution < -0.4 is 5.73 Å². The van der Waals surface area contributed by atoms with Crippen LogP contribution in [0.4, 0.5) is 0 Å². The third-order valence-corrected chi connectivity index (χ3v) is 2.51. The monoisotopic (exact) mass is 179 g/mol. The fraction of sp³-hybridized carbons (Fsp3) is 1.00. The fourth-order valence-electron chi connectivity index (χ4n) is 0.964. The molecule has 2 N–H and O–H groups in total. The van der Waals surface area contributed by atoms with Crippen molar-refractivity contribution >= 4 is 12.4 Å². The summed E-state index contributed by atoms with van der Waals surface area (Å²) in [6, 6.07) is 0.377. The van der Waals surface area contributed by atoms with Gasteiger partial charge in [0.05, 0.1) is 0 Å². The minimum absolute atomic E-state index is 0. The van der Waals surface area contributed by atoms with Gasteiger partial charge < -0.3 is 5.73 Å². The molecule has 0 saturated heterocycles. The van der Waals surface area contributed by atoms with E-state index in [0.29, 0.717) is 11.5 Å². The van der Waals surface area contributed by atoms with E-state index in [0.717, 1.165) is 6.42 Å². The van der Waals surface area contributed by atoms with Gasteiger partial charge in [0.15, 0.2) is 0 Å². The molecule has 1 nitrogen and oxygen atoms in total. The van der Waals surface area contributed by atoms with Crippen molar-refractivity contribution in [2.24, 2.45) is 11.1 Å². The van der Waals surface area contributed by atoms with Gasteiger partial charge in [-0.05, 0) is 18.3 Å². The standard InChI is InChI=1S/C9H21N.ClH/c1-5-7-8(10)9(3,4)6-2;/h8H,5-7,10H2,1-4H3;1H. The first kappa shape index (κ1) is 13.8. The minimum atomic E-state index is 0. The van der Waals surface area contributed by atoms with Crippen LogP contribution in [-0.4, -0.2) is 6.04 Å². The molecular weight excluding hydrogens is 158 g/mol. The van der Waals surface area contributed by atoms with Crippen molar-refractivity contribution < 1.29 is 0 Å². The molecular formula is C9H22ClN. The van der Waals surface area contributed by atoms with Crippen molar-refractivity contribution in [3.63, 3.8) is 0 Å². The minimum Gasteiger partial charge on any atom is -0.327 e. The molecule has 1 unspecified atom stereocenters. The van der Waals surface area contributed by atoms with Gasteiger partial charge in [0.25, 0.3) is 0 Å². The van der Waals surface area contributed by atoms with Crippen molar-refractivity contribution in [3.8, 4) is 0 Å². The van der Waals surface area contributed by atoms with E-state index in [4.69, 9.17) is 5.73 Å². The SMILES string of the molecule is CCCC(N)C(C)(C)CC.Cl. The summed E-state index contributed by atoms with van der Waals surface area (Å²) in [6.07, 6.45) is 3.53. The highest BCUT2D eigenvalue weighted by Crippen LogP contribution is 2.25. The van der Waals surface area contributed by atoms with Gasteiger partial charge in [-0.25, -0.2) is 0 Å². The van der Waals surface area contributed by atoms with Crippen molar-refractivity contribution in [2.45, 2.75) is 53.0 Å². The van der Waals surface area contributed by atoms with E-state index >= 15 is 0 Å². The van der Waals surface area contributed by atoms with Gasteiger partial charge in [-0.2, -0.15) is 0 Å². The van der Waals surface area contributed by atoms with E-state index in [2.05, 4.69) is 27.7 Å². The molecule has 0 fully saturated rings. The molecule has 0 saturated carbocycles. The summed E-state index contributed by atoms with van der Waals surface area (Å²) >= 11 is 0. The Morgan fingerprint density at radius 1 is 1.27 bits per heavy atom. The van der Waals surface area contributed by atoms with E-state index in [1.54, 1.807) is 0 Å². The predicted molar refractivity (Wildman–Crippen MR) is 54.2 cm³/mol. The van der Waals surface area contributed by atoms with Gasteiger partial charge in [-0.3, -0.25) is 0 Å². The molecule has 0 aliphatic rings. The highest BCUT2D eigenvalue weighted by Gasteiger charge is 2.22. The molecule has 2 heteroatoms. The van der Waals surface area contributed by atoms with E-state index in [1.165, 1.54) is 12.8 Å². The zero-order chi connectivity index (χ0) is 8.20. The van der Waals surface area contributed by atoms with Gasteiger partial charge in [-0.1, -0.05) is 34.1 Å². The second-order valence-electron chi connectivity index (χ2n) is 3.74. The Balaban J connectivity index is 0. The maximum Gasteiger partial charge on any atom is 0.00900 e. The Kier molecular flexibility index (Phi) is 7.34. The largest absolute Gasteiger partial charge is 0.327 e. The molecule has 0 spiro atoms. The Morgan fingerprint density at radius 2 is 1.73 bits per heavy atom. The molecule has 0 aromatic rings. The van der Waals surface area contributed by atoms with E-state index in [1.807, 2.05) is 0 Å². The molecule has 1 atom stereocenters. The topological polar surface area (TPSA) is 26.0 Å². The molecule has 0 aliphatic carbocycles. The molecule has 0 aliphatic heterocycles. The van der Waals surface area contributed by atoms with Gasteiger partial charge in [0.2, 0.25) is 0 Å². The summed E-state index contributed by atoms with van der Waals surface area (Å²) in [7, 11) is 0. The summed E-state index contributed by atoms with van der Waals surface area (Å²) in [5.74, 6) is 0. The van der Waals surface area contributed by atoms with E-state index < -0.39 is 0 Å². The van der Waals surface area contributed by atoms with Crippen LogP contribution in [0, 0.1) is 5.41 Å². The van der Waals surface area contributed by atoms with Crippen molar-refractivity contribution in [2.75, 3.05) is 0 Å². The number of rotatable bonds is 4. The lowest BCUT2D eigenvalue weighted by Gasteiger charge is -2.30. The molecule has 0 aromatic carbocycles. The summed E-state index contributed by atoms with van der Waals surface area (Å²) in [4.78, 5) is 0. The first-order valence-corrected chi connectivity index (χ1v) is 4.30. The fourth-order valence-corrected chi connectivity index (χ4v) is 0.964. The Hall–Kier alpha value is 0.250. The summed E-state index contributed by atoms with van der Waals surface area (Å²) in [6.45, 7) is 8.88. The predicted octanol–water partition coefficient (Wildman–Crippen LogP) is 2.97. The van der Waals surface area contributed by atoms with Crippen LogP contribution in [0.25, 0.3) is 0 Å². The highest BCUT2D eigenvalue weighted by atomic mass is 35.5. The third-order valence-electron chi connectivity index (χ3n) is 2.51. The van der Waals surface area contributed by atoms with Crippen LogP contribution in [0.5, 0.6) is 0 Å². The average Bonchev–Trinajstić information content (AvgIpc) is 1.89. The lowest BCUT2D eigenvalue weighted by Crippen LogP contribution is -2.36. The van der Waals surface area contributed by atoms with Gasteiger partial charge in [-0.15, -0.1) is 12.4 Å². The third kappa shape index (κ3) is 4.65. The molecule has 70 valence electrons. The smallest absolute Gasteiger partial charge is 0.00900 e. The zero-order valence-electron chi connectivity index (χ0n) is 8.18. The number of halogens is 1. The second kappa shape index (κ2) is 5.84. The summed E-state index contributed by atoms with van der Waals surface area (Å²) in [5, 5.41) is 0. The van der Waals surface area contributed by atoms with E-state index in [9.17, 15) is 0 Å². The number of nitrogens with two attached hydrogens (primary N) is 1. The maximum absolute atomic E-state index is 5.97. The normalized spacial score (nSPS) is 13.9. The lowest BCUT2D eigenvalue weighted by atomic mass is 9.80. The Morgan fingerprint density at radius 3 is 2.00 bits per heavy atom. The van der Waals surface area contributed by atoms with Crippen LogP contribution in [0.15, 0.2) is 0 Å². The Bertz CT molecular complexity index is 91.6. The molecule has 0 aromatic heterocycles. The van der Waals surface area contributed by atoms with Crippen LogP contribution in [0.3, 0.4) is 0 Å². The van der Waals surface area contributed by atoms with Crippen molar-refractivity contribution in [1.29, 1.82) is 0 Å². The molecule has 11 heavy (non-hydrogen) atoms. The first-order valence-electron chi connectivity index (χ1n) is 4.30. The Labute approximate surface area is 77.2 Å². The van der Waals surface area contributed by atoms with Gasteiger partial charge in [0, 0.05) is 6.04 Å². The zero-order valence-corrected chi connectivity index (χ0v) is 9.00. The first-order chi connectivity index (χ1) is 4.54. The van der Waals surface area contributed by atoms with Crippen molar-refractivity contribution in [3.05, 3.63) is 0 Å². The van der Waals surface area contributed by atoms with E-state index in [-0.39, 0.29) is 12.4 Å². The van der Waals surface area contributed by atoms with Gasteiger partial charge in [0.1, 0.15) is 0 Å². The summed E-state index contributed by atoms with van der Waals surface area (Å²) < 4.78 is 0. The maximum atomic E-state index is 5.97. The van der Waals surface area contributed by atoms with Crippen LogP contribution in [0.2, 0.25) is 0 Å². The summed E-state index contributed by atoms with van der Waals surface area (Å²) in [5.41, 5.74) is 6.30. The van der Waals surface area contributed by atoms with Crippen LogP contribution >= 0.6 is 12.4 Å².